The lowest BCUT2D eigenvalue weighted by Gasteiger charge is -2.08. The Balaban J connectivity index is 1.78. The number of anilines is 1. The molecule has 0 aliphatic heterocycles. The molecule has 4 rings (SSSR count). The lowest BCUT2D eigenvalue weighted by molar-refractivity contribution is 0.101. The number of carbonyl (C=O) groups excluding carboxylic acids is 1. The molecule has 3 aromatic carbocycles. The molecule has 0 spiro atoms. The van der Waals surface area contributed by atoms with Gasteiger partial charge in [-0.05, 0) is 43.7 Å². The average molecular weight is 403 g/mol. The first-order chi connectivity index (χ1) is 14.0. The summed E-state index contributed by atoms with van der Waals surface area (Å²) in [6.07, 6.45) is 0. The molecule has 1 N–H and O–H groups in total. The third-order valence-corrected chi connectivity index (χ3v) is 4.78. The zero-order chi connectivity index (χ0) is 20.4. The van der Waals surface area contributed by atoms with Crippen molar-refractivity contribution >= 4 is 23.2 Å². The Morgan fingerprint density at radius 3 is 2.45 bits per heavy atom. The summed E-state index contributed by atoms with van der Waals surface area (Å²) < 4.78 is 1.72. The van der Waals surface area contributed by atoms with Crippen LogP contribution in [0.2, 0.25) is 5.02 Å². The fourth-order valence-corrected chi connectivity index (χ4v) is 3.21. The highest BCUT2D eigenvalue weighted by atomic mass is 35.5. The molecule has 0 radical (unpaired) electrons. The van der Waals surface area contributed by atoms with Crippen LogP contribution in [0.15, 0.2) is 72.8 Å². The van der Waals surface area contributed by atoms with Gasteiger partial charge in [0, 0.05) is 16.3 Å². The van der Waals surface area contributed by atoms with Crippen LogP contribution in [-0.2, 0) is 0 Å². The molecule has 1 aromatic heterocycles. The van der Waals surface area contributed by atoms with Crippen LogP contribution in [0.25, 0.3) is 17.1 Å². The van der Waals surface area contributed by atoms with Gasteiger partial charge >= 0.3 is 0 Å². The van der Waals surface area contributed by atoms with Crippen molar-refractivity contribution in [2.24, 2.45) is 0 Å². The van der Waals surface area contributed by atoms with Gasteiger partial charge in [-0.3, -0.25) is 4.79 Å². The predicted molar refractivity (Wildman–Crippen MR) is 116 cm³/mol. The van der Waals surface area contributed by atoms with Crippen LogP contribution in [0.1, 0.15) is 21.7 Å². The predicted octanol–water partition coefficient (Wildman–Crippen LogP) is 5.46. The number of carbonyl (C=O) groups is 1. The molecular formula is C23H19ClN4O. The number of rotatable bonds is 4. The number of nitrogens with zero attached hydrogens (tertiary/aromatic N) is 3. The molecular weight excluding hydrogens is 384 g/mol. The summed E-state index contributed by atoms with van der Waals surface area (Å²) in [7, 11) is 0. The van der Waals surface area contributed by atoms with Crippen LogP contribution in [0.3, 0.4) is 0 Å². The Bertz CT molecular complexity index is 1180. The molecule has 0 fully saturated rings. The minimum absolute atomic E-state index is 0.0869. The van der Waals surface area contributed by atoms with Gasteiger partial charge in [-0.25, -0.2) is 9.67 Å². The van der Waals surface area contributed by atoms with E-state index in [-0.39, 0.29) is 5.82 Å². The number of amides is 1. The summed E-state index contributed by atoms with van der Waals surface area (Å²) >= 11 is 6.01. The lowest BCUT2D eigenvalue weighted by atomic mass is 10.1. The molecule has 6 heteroatoms. The molecule has 0 bridgehead atoms. The van der Waals surface area contributed by atoms with Crippen LogP contribution >= 0.6 is 11.6 Å². The van der Waals surface area contributed by atoms with Gasteiger partial charge in [0.05, 0.1) is 5.69 Å². The van der Waals surface area contributed by atoms with E-state index in [0.29, 0.717) is 16.5 Å². The monoisotopic (exact) mass is 402 g/mol. The van der Waals surface area contributed by atoms with Gasteiger partial charge in [0.15, 0.2) is 5.82 Å². The van der Waals surface area contributed by atoms with Crippen molar-refractivity contribution in [3.05, 3.63) is 94.8 Å². The highest BCUT2D eigenvalue weighted by molar-refractivity contribution is 6.30. The molecule has 0 aliphatic carbocycles. The zero-order valence-corrected chi connectivity index (χ0v) is 16.8. The summed E-state index contributed by atoms with van der Waals surface area (Å²) in [5.41, 5.74) is 4.53. The first-order valence-corrected chi connectivity index (χ1v) is 9.56. The van der Waals surface area contributed by atoms with Crippen LogP contribution in [-0.4, -0.2) is 20.7 Å². The second kappa shape index (κ2) is 7.89. The highest BCUT2D eigenvalue weighted by Gasteiger charge is 2.19. The first kappa shape index (κ1) is 18.9. The second-order valence-electron chi connectivity index (χ2n) is 6.79. The van der Waals surface area contributed by atoms with E-state index in [1.807, 2.05) is 62.4 Å². The van der Waals surface area contributed by atoms with Gasteiger partial charge < -0.3 is 5.32 Å². The fraction of sp³-hybridized carbons (Fsp3) is 0.0870. The lowest BCUT2D eigenvalue weighted by Crippen LogP contribution is -2.14. The van der Waals surface area contributed by atoms with E-state index in [1.165, 1.54) is 0 Å². The van der Waals surface area contributed by atoms with E-state index >= 15 is 0 Å². The van der Waals surface area contributed by atoms with Crippen molar-refractivity contribution in [1.82, 2.24) is 14.8 Å². The van der Waals surface area contributed by atoms with Crippen LogP contribution < -0.4 is 5.32 Å². The normalized spacial score (nSPS) is 10.7. The summed E-state index contributed by atoms with van der Waals surface area (Å²) in [5, 5.41) is 7.87. The van der Waals surface area contributed by atoms with Crippen molar-refractivity contribution in [2.45, 2.75) is 13.8 Å². The number of aryl methyl sites for hydroxylation is 2. The van der Waals surface area contributed by atoms with E-state index in [2.05, 4.69) is 15.4 Å². The Kier molecular flexibility index (Phi) is 5.14. The zero-order valence-electron chi connectivity index (χ0n) is 16.1. The quantitative estimate of drug-likeness (QED) is 0.493. The maximum atomic E-state index is 12.8. The molecule has 29 heavy (non-hydrogen) atoms. The first-order valence-electron chi connectivity index (χ1n) is 9.18. The maximum Gasteiger partial charge on any atom is 0.295 e. The van der Waals surface area contributed by atoms with Gasteiger partial charge in [0.2, 0.25) is 5.82 Å². The molecule has 1 amide bonds. The Hall–Kier alpha value is -3.44. The maximum absolute atomic E-state index is 12.8. The number of benzene rings is 3. The molecule has 5 nitrogen and oxygen atoms in total. The number of hydrogen-bond acceptors (Lipinski definition) is 3. The topological polar surface area (TPSA) is 59.8 Å². The van der Waals surface area contributed by atoms with E-state index in [9.17, 15) is 4.79 Å². The van der Waals surface area contributed by atoms with Crippen molar-refractivity contribution < 1.29 is 4.79 Å². The van der Waals surface area contributed by atoms with Crippen LogP contribution in [0, 0.1) is 13.8 Å². The van der Waals surface area contributed by atoms with E-state index < -0.39 is 5.91 Å². The molecule has 0 saturated carbocycles. The third kappa shape index (κ3) is 4.05. The summed E-state index contributed by atoms with van der Waals surface area (Å²) in [6.45, 7) is 4.03. The average Bonchev–Trinajstić information content (AvgIpc) is 3.14. The van der Waals surface area contributed by atoms with Gasteiger partial charge in [0.1, 0.15) is 0 Å². The molecule has 0 aliphatic rings. The van der Waals surface area contributed by atoms with Crippen LogP contribution in [0.4, 0.5) is 5.69 Å². The SMILES string of the molecule is Cc1ccc(-c2nc(C(=O)Nc3cccc(Cl)c3)nn2-c2ccccc2C)cc1. The highest BCUT2D eigenvalue weighted by Crippen LogP contribution is 2.24. The number of halogens is 1. The second-order valence-corrected chi connectivity index (χ2v) is 7.22. The van der Waals surface area contributed by atoms with Gasteiger partial charge in [-0.15, -0.1) is 5.10 Å². The van der Waals surface area contributed by atoms with Gasteiger partial charge in [-0.2, -0.15) is 0 Å². The van der Waals surface area contributed by atoms with Gasteiger partial charge in [-0.1, -0.05) is 65.7 Å². The molecule has 0 atom stereocenters. The summed E-state index contributed by atoms with van der Waals surface area (Å²) in [4.78, 5) is 17.4. The standard InChI is InChI=1S/C23H19ClN4O/c1-15-10-12-17(13-11-15)22-26-21(23(29)25-19-8-5-7-18(24)14-19)27-28(22)20-9-4-3-6-16(20)2/h3-14H,1-2H3,(H,25,29). The van der Waals surface area contributed by atoms with Crippen molar-refractivity contribution in [3.8, 4) is 17.1 Å². The number of hydrogen-bond donors (Lipinski definition) is 1. The smallest absolute Gasteiger partial charge is 0.295 e. The number of nitrogens with one attached hydrogen (secondary N) is 1. The Labute approximate surface area is 174 Å². The Morgan fingerprint density at radius 2 is 1.72 bits per heavy atom. The number of aromatic nitrogens is 3. The molecule has 0 saturated heterocycles. The van der Waals surface area contributed by atoms with Crippen molar-refractivity contribution in [3.63, 3.8) is 0 Å². The molecule has 1 heterocycles. The molecule has 4 aromatic rings. The van der Waals surface area contributed by atoms with E-state index in [4.69, 9.17) is 11.6 Å². The summed E-state index contributed by atoms with van der Waals surface area (Å²) in [6, 6.07) is 22.8. The van der Waals surface area contributed by atoms with Crippen LogP contribution in [0.5, 0.6) is 0 Å². The Morgan fingerprint density at radius 1 is 0.966 bits per heavy atom. The minimum Gasteiger partial charge on any atom is -0.319 e. The minimum atomic E-state index is -0.395. The molecule has 144 valence electrons. The van der Waals surface area contributed by atoms with E-state index in [0.717, 1.165) is 22.4 Å². The summed E-state index contributed by atoms with van der Waals surface area (Å²) in [5.74, 6) is 0.298. The molecule has 0 unspecified atom stereocenters. The number of para-hydroxylation sites is 1. The largest absolute Gasteiger partial charge is 0.319 e. The van der Waals surface area contributed by atoms with Crippen molar-refractivity contribution in [2.75, 3.05) is 5.32 Å². The van der Waals surface area contributed by atoms with E-state index in [1.54, 1.807) is 28.9 Å². The van der Waals surface area contributed by atoms with Crippen molar-refractivity contribution in [1.29, 1.82) is 0 Å². The fourth-order valence-electron chi connectivity index (χ4n) is 3.02. The van der Waals surface area contributed by atoms with Gasteiger partial charge in [0.25, 0.3) is 5.91 Å². The third-order valence-electron chi connectivity index (χ3n) is 4.55.